The molecule has 0 heterocycles. The lowest BCUT2D eigenvalue weighted by atomic mass is 10.1. The highest BCUT2D eigenvalue weighted by atomic mass is 19.1. The zero-order chi connectivity index (χ0) is 16.0. The molecule has 5 nitrogen and oxygen atoms in total. The Balaban J connectivity index is 2.66. The number of nitrogens with one attached hydrogen (secondary N) is 1. The molecule has 1 amide bonds. The minimum absolute atomic E-state index is 0.245. The van der Waals surface area contributed by atoms with E-state index in [2.05, 4.69) is 5.32 Å². The number of hydrogen-bond donors (Lipinski definition) is 1. The first-order valence-electron chi connectivity index (χ1n) is 6.68. The summed E-state index contributed by atoms with van der Waals surface area (Å²) in [6, 6.07) is 4.57. The third kappa shape index (κ3) is 5.06. The first-order chi connectivity index (χ1) is 9.76. The van der Waals surface area contributed by atoms with Gasteiger partial charge < -0.3 is 14.8 Å². The Kier molecular flexibility index (Phi) is 5.69. The lowest BCUT2D eigenvalue weighted by molar-refractivity contribution is -0.148. The summed E-state index contributed by atoms with van der Waals surface area (Å²) in [5.74, 6) is -1.00. The smallest absolute Gasteiger partial charge is 0.328 e. The Bertz CT molecular complexity index is 499. The summed E-state index contributed by atoms with van der Waals surface area (Å²) in [6.45, 7) is 6.58. The molecule has 0 spiro atoms. The molecule has 0 saturated heterocycles. The van der Waals surface area contributed by atoms with Gasteiger partial charge in [0.1, 0.15) is 17.6 Å². The second kappa shape index (κ2) is 7.06. The van der Waals surface area contributed by atoms with Crippen LogP contribution >= 0.6 is 0 Å². The molecule has 0 saturated carbocycles. The number of carbonyl (C=O) groups is 2. The van der Waals surface area contributed by atoms with Crippen LogP contribution in [0.1, 0.15) is 27.7 Å². The summed E-state index contributed by atoms with van der Waals surface area (Å²) in [7, 11) is 0. The molecule has 0 fully saturated rings. The first-order valence-corrected chi connectivity index (χ1v) is 6.68. The highest BCUT2D eigenvalue weighted by Gasteiger charge is 2.32. The average Bonchev–Trinajstić information content (AvgIpc) is 2.41. The fourth-order valence-electron chi connectivity index (χ4n) is 1.54. The lowest BCUT2D eigenvalue weighted by Crippen LogP contribution is -2.51. The Morgan fingerprint density at radius 2 is 1.86 bits per heavy atom. The molecule has 0 aliphatic heterocycles. The number of hydrogen-bond acceptors (Lipinski definition) is 4. The highest BCUT2D eigenvalue weighted by Crippen LogP contribution is 2.19. The first kappa shape index (κ1) is 16.9. The maximum atomic E-state index is 12.8. The van der Waals surface area contributed by atoms with Crippen LogP contribution in [0.25, 0.3) is 0 Å². The monoisotopic (exact) mass is 297 g/mol. The van der Waals surface area contributed by atoms with E-state index in [4.69, 9.17) is 9.47 Å². The van der Waals surface area contributed by atoms with Crippen molar-refractivity contribution in [1.82, 2.24) is 5.32 Å². The number of rotatable bonds is 6. The van der Waals surface area contributed by atoms with Gasteiger partial charge in [-0.2, -0.15) is 0 Å². The third-order valence-electron chi connectivity index (χ3n) is 2.72. The van der Waals surface area contributed by atoms with E-state index in [1.165, 1.54) is 31.2 Å². The summed E-state index contributed by atoms with van der Waals surface area (Å²) >= 11 is 0. The molecule has 0 aromatic heterocycles. The molecule has 116 valence electrons. The predicted octanol–water partition coefficient (Wildman–Crippen LogP) is 2.05. The maximum absolute atomic E-state index is 12.8. The van der Waals surface area contributed by atoms with Gasteiger partial charge in [-0.15, -0.1) is 0 Å². The molecule has 1 aromatic carbocycles. The molecule has 0 aliphatic carbocycles. The molecule has 0 radical (unpaired) electrons. The van der Waals surface area contributed by atoms with Crippen LogP contribution in [0, 0.1) is 5.82 Å². The van der Waals surface area contributed by atoms with Crippen LogP contribution in [0.2, 0.25) is 0 Å². The number of carbonyl (C=O) groups excluding carboxylic acids is 2. The van der Waals surface area contributed by atoms with Gasteiger partial charge in [-0.1, -0.05) is 0 Å². The standard InChI is InChI=1S/C15H20FNO4/c1-5-20-13(18)10(2)17-14(19)15(3,4)21-12-8-6-11(16)7-9-12/h6-10H,5H2,1-4H3,(H,17,19). The van der Waals surface area contributed by atoms with Crippen LogP contribution in [-0.2, 0) is 14.3 Å². The quantitative estimate of drug-likeness (QED) is 0.816. The molecule has 21 heavy (non-hydrogen) atoms. The van der Waals surface area contributed by atoms with Crippen molar-refractivity contribution in [2.75, 3.05) is 6.61 Å². The Hall–Kier alpha value is -2.11. The van der Waals surface area contributed by atoms with E-state index in [0.29, 0.717) is 5.75 Å². The van der Waals surface area contributed by atoms with Gasteiger partial charge in [0.2, 0.25) is 0 Å². The average molecular weight is 297 g/mol. The van der Waals surface area contributed by atoms with Gasteiger partial charge >= 0.3 is 5.97 Å². The fourth-order valence-corrected chi connectivity index (χ4v) is 1.54. The molecule has 6 heteroatoms. The second-order valence-electron chi connectivity index (χ2n) is 5.01. The third-order valence-corrected chi connectivity index (χ3v) is 2.72. The van der Waals surface area contributed by atoms with Gasteiger partial charge in [-0.25, -0.2) is 9.18 Å². The van der Waals surface area contributed by atoms with E-state index in [-0.39, 0.29) is 12.4 Å². The maximum Gasteiger partial charge on any atom is 0.328 e. The van der Waals surface area contributed by atoms with Crippen LogP contribution in [-0.4, -0.2) is 30.1 Å². The van der Waals surface area contributed by atoms with Crippen molar-refractivity contribution in [1.29, 1.82) is 0 Å². The van der Waals surface area contributed by atoms with Gasteiger partial charge in [0, 0.05) is 0 Å². The highest BCUT2D eigenvalue weighted by molar-refractivity contribution is 5.89. The normalized spacial score (nSPS) is 12.4. The molecule has 0 aliphatic rings. The van der Waals surface area contributed by atoms with Gasteiger partial charge in [-0.3, -0.25) is 4.79 Å². The van der Waals surface area contributed by atoms with Crippen molar-refractivity contribution in [3.8, 4) is 5.75 Å². The van der Waals surface area contributed by atoms with Gasteiger partial charge in [0.15, 0.2) is 5.60 Å². The van der Waals surface area contributed by atoms with Crippen molar-refractivity contribution in [3.05, 3.63) is 30.1 Å². The predicted molar refractivity (Wildman–Crippen MR) is 75.3 cm³/mol. The zero-order valence-corrected chi connectivity index (χ0v) is 12.6. The van der Waals surface area contributed by atoms with Crippen molar-refractivity contribution in [3.63, 3.8) is 0 Å². The Morgan fingerprint density at radius 1 is 1.29 bits per heavy atom. The fraction of sp³-hybridized carbons (Fsp3) is 0.467. The van der Waals surface area contributed by atoms with Crippen molar-refractivity contribution < 1.29 is 23.5 Å². The minimum Gasteiger partial charge on any atom is -0.478 e. The van der Waals surface area contributed by atoms with E-state index in [1.807, 2.05) is 0 Å². The summed E-state index contributed by atoms with van der Waals surface area (Å²) < 4.78 is 23.2. The van der Waals surface area contributed by atoms with Gasteiger partial charge in [0.05, 0.1) is 6.61 Å². The molecule has 1 aromatic rings. The largest absolute Gasteiger partial charge is 0.478 e. The van der Waals surface area contributed by atoms with Crippen molar-refractivity contribution in [2.24, 2.45) is 0 Å². The summed E-state index contributed by atoms with van der Waals surface area (Å²) in [6.07, 6.45) is 0. The van der Waals surface area contributed by atoms with Crippen LogP contribution in [0.4, 0.5) is 4.39 Å². The van der Waals surface area contributed by atoms with Crippen LogP contribution in [0.5, 0.6) is 5.75 Å². The van der Waals surface area contributed by atoms with Crippen molar-refractivity contribution in [2.45, 2.75) is 39.3 Å². The van der Waals surface area contributed by atoms with Gasteiger partial charge in [-0.05, 0) is 52.0 Å². The zero-order valence-electron chi connectivity index (χ0n) is 12.6. The van der Waals surface area contributed by atoms with E-state index < -0.39 is 23.5 Å². The topological polar surface area (TPSA) is 64.6 Å². The summed E-state index contributed by atoms with van der Waals surface area (Å²) in [5, 5.41) is 2.52. The number of esters is 1. The number of halogens is 1. The molecule has 1 unspecified atom stereocenters. The van der Waals surface area contributed by atoms with Crippen LogP contribution in [0.15, 0.2) is 24.3 Å². The van der Waals surface area contributed by atoms with E-state index in [0.717, 1.165) is 0 Å². The number of ether oxygens (including phenoxy) is 2. The van der Waals surface area contributed by atoms with E-state index in [9.17, 15) is 14.0 Å². The molecular weight excluding hydrogens is 277 g/mol. The molecular formula is C15H20FNO4. The van der Waals surface area contributed by atoms with E-state index >= 15 is 0 Å². The van der Waals surface area contributed by atoms with Crippen molar-refractivity contribution >= 4 is 11.9 Å². The molecule has 0 bridgehead atoms. The SMILES string of the molecule is CCOC(=O)C(C)NC(=O)C(C)(C)Oc1ccc(F)cc1. The molecule has 1 atom stereocenters. The number of amides is 1. The van der Waals surface area contributed by atoms with Gasteiger partial charge in [0.25, 0.3) is 5.91 Å². The minimum atomic E-state index is -1.21. The lowest BCUT2D eigenvalue weighted by Gasteiger charge is -2.26. The number of benzene rings is 1. The second-order valence-corrected chi connectivity index (χ2v) is 5.01. The molecule has 1 rings (SSSR count). The Morgan fingerprint density at radius 3 is 2.38 bits per heavy atom. The van der Waals surface area contributed by atoms with Crippen LogP contribution in [0.3, 0.4) is 0 Å². The van der Waals surface area contributed by atoms with E-state index in [1.54, 1.807) is 20.8 Å². The molecule has 1 N–H and O–H groups in total. The summed E-state index contributed by atoms with van der Waals surface area (Å²) in [5.41, 5.74) is -1.21. The summed E-state index contributed by atoms with van der Waals surface area (Å²) in [4.78, 5) is 23.6. The van der Waals surface area contributed by atoms with Crippen LogP contribution < -0.4 is 10.1 Å². The Labute approximate surface area is 123 Å².